The van der Waals surface area contributed by atoms with Crippen molar-refractivity contribution in [1.82, 2.24) is 0 Å². The van der Waals surface area contributed by atoms with Crippen LogP contribution in [0.25, 0.3) is 6.08 Å². The highest BCUT2D eigenvalue weighted by atomic mass is 16.3. The molecule has 0 spiro atoms. The molecule has 0 aliphatic rings. The van der Waals surface area contributed by atoms with E-state index in [1.165, 1.54) is 23.8 Å². The zero-order valence-corrected chi connectivity index (χ0v) is 13.0. The van der Waals surface area contributed by atoms with E-state index in [0.717, 1.165) is 11.6 Å². The van der Waals surface area contributed by atoms with Gasteiger partial charge in [0.2, 0.25) is 0 Å². The van der Waals surface area contributed by atoms with Crippen molar-refractivity contribution in [2.75, 3.05) is 0 Å². The second-order valence-electron chi connectivity index (χ2n) is 6.27. The van der Waals surface area contributed by atoms with Crippen molar-refractivity contribution < 1.29 is 15.0 Å². The molecular weight excluding hydrogens is 276 g/mol. The SMILES string of the molecule is CC(C)(C)c1ccc(/C=C/C(=O)c2ccc(O)cc2O)cc1. The average molecular weight is 296 g/mol. The summed E-state index contributed by atoms with van der Waals surface area (Å²) < 4.78 is 0. The summed E-state index contributed by atoms with van der Waals surface area (Å²) in [4.78, 5) is 12.0. The van der Waals surface area contributed by atoms with Gasteiger partial charge in [0.05, 0.1) is 5.56 Å². The number of carbonyl (C=O) groups is 1. The Kier molecular flexibility index (Phi) is 4.36. The van der Waals surface area contributed by atoms with Gasteiger partial charge >= 0.3 is 0 Å². The molecule has 0 aromatic heterocycles. The lowest BCUT2D eigenvalue weighted by atomic mass is 9.87. The number of phenolic OH excluding ortho intramolecular Hbond substituents is 2. The van der Waals surface area contributed by atoms with Crippen molar-refractivity contribution in [3.05, 3.63) is 65.2 Å². The fraction of sp³-hybridized carbons (Fsp3) is 0.211. The Balaban J connectivity index is 2.16. The lowest BCUT2D eigenvalue weighted by Crippen LogP contribution is -2.10. The summed E-state index contributed by atoms with van der Waals surface area (Å²) in [7, 11) is 0. The Morgan fingerprint density at radius 2 is 1.64 bits per heavy atom. The van der Waals surface area contributed by atoms with Gasteiger partial charge in [-0.2, -0.15) is 0 Å². The molecule has 0 bridgehead atoms. The van der Waals surface area contributed by atoms with E-state index in [4.69, 9.17) is 0 Å². The summed E-state index contributed by atoms with van der Waals surface area (Å²) in [5, 5.41) is 18.9. The molecule has 0 saturated carbocycles. The quantitative estimate of drug-likeness (QED) is 0.656. The molecule has 2 aromatic rings. The van der Waals surface area contributed by atoms with Crippen LogP contribution in [0.1, 0.15) is 42.3 Å². The van der Waals surface area contributed by atoms with E-state index in [0.29, 0.717) is 0 Å². The Bertz CT molecular complexity index is 704. The topological polar surface area (TPSA) is 57.5 Å². The molecule has 0 atom stereocenters. The molecule has 0 aliphatic carbocycles. The van der Waals surface area contributed by atoms with Crippen molar-refractivity contribution in [1.29, 1.82) is 0 Å². The highest BCUT2D eigenvalue weighted by molar-refractivity contribution is 6.08. The van der Waals surface area contributed by atoms with E-state index in [-0.39, 0.29) is 28.3 Å². The van der Waals surface area contributed by atoms with Crippen LogP contribution in [0.3, 0.4) is 0 Å². The Morgan fingerprint density at radius 1 is 1.00 bits per heavy atom. The highest BCUT2D eigenvalue weighted by Crippen LogP contribution is 2.24. The number of phenols is 2. The molecule has 0 aliphatic heterocycles. The first-order valence-electron chi connectivity index (χ1n) is 7.12. The molecule has 0 saturated heterocycles. The first kappa shape index (κ1) is 15.8. The number of hydrogen-bond donors (Lipinski definition) is 2. The lowest BCUT2D eigenvalue weighted by molar-refractivity contribution is 0.104. The molecule has 0 fully saturated rings. The predicted molar refractivity (Wildman–Crippen MR) is 88.3 cm³/mol. The Labute approximate surface area is 130 Å². The van der Waals surface area contributed by atoms with Gasteiger partial charge in [0.25, 0.3) is 0 Å². The molecule has 2 aromatic carbocycles. The molecule has 0 amide bonds. The van der Waals surface area contributed by atoms with E-state index >= 15 is 0 Å². The van der Waals surface area contributed by atoms with Crippen molar-refractivity contribution >= 4 is 11.9 Å². The van der Waals surface area contributed by atoms with Crippen LogP contribution >= 0.6 is 0 Å². The maximum absolute atomic E-state index is 12.0. The number of allylic oxidation sites excluding steroid dienone is 1. The fourth-order valence-corrected chi connectivity index (χ4v) is 2.08. The van der Waals surface area contributed by atoms with Gasteiger partial charge in [-0.1, -0.05) is 51.1 Å². The molecule has 22 heavy (non-hydrogen) atoms. The van der Waals surface area contributed by atoms with Gasteiger partial charge in [0.15, 0.2) is 5.78 Å². The van der Waals surface area contributed by atoms with Crippen molar-refractivity contribution in [3.8, 4) is 11.5 Å². The molecule has 3 nitrogen and oxygen atoms in total. The first-order chi connectivity index (χ1) is 10.3. The molecule has 0 unspecified atom stereocenters. The third-order valence-electron chi connectivity index (χ3n) is 3.45. The number of ketones is 1. The zero-order chi connectivity index (χ0) is 16.3. The van der Waals surface area contributed by atoms with E-state index in [1.54, 1.807) is 6.08 Å². The van der Waals surface area contributed by atoms with Gasteiger partial charge in [-0.15, -0.1) is 0 Å². The summed E-state index contributed by atoms with van der Waals surface area (Å²) in [6, 6.07) is 11.9. The lowest BCUT2D eigenvalue weighted by Gasteiger charge is -2.18. The van der Waals surface area contributed by atoms with Gasteiger partial charge in [-0.3, -0.25) is 4.79 Å². The maximum atomic E-state index is 12.0. The van der Waals surface area contributed by atoms with Crippen molar-refractivity contribution in [2.24, 2.45) is 0 Å². The molecule has 0 radical (unpaired) electrons. The van der Waals surface area contributed by atoms with Crippen LogP contribution in [0.5, 0.6) is 11.5 Å². The minimum Gasteiger partial charge on any atom is -0.508 e. The number of hydrogen-bond acceptors (Lipinski definition) is 3. The van der Waals surface area contributed by atoms with Gasteiger partial charge in [0.1, 0.15) is 11.5 Å². The Morgan fingerprint density at radius 3 is 2.18 bits per heavy atom. The van der Waals surface area contributed by atoms with Crippen molar-refractivity contribution in [3.63, 3.8) is 0 Å². The van der Waals surface area contributed by atoms with Gasteiger partial charge < -0.3 is 10.2 Å². The second-order valence-corrected chi connectivity index (χ2v) is 6.27. The summed E-state index contributed by atoms with van der Waals surface area (Å²) in [5.41, 5.74) is 2.41. The van der Waals surface area contributed by atoms with Crippen LogP contribution in [0.4, 0.5) is 0 Å². The van der Waals surface area contributed by atoms with E-state index < -0.39 is 0 Å². The van der Waals surface area contributed by atoms with E-state index in [2.05, 4.69) is 20.8 Å². The first-order valence-corrected chi connectivity index (χ1v) is 7.12. The van der Waals surface area contributed by atoms with Crippen LogP contribution < -0.4 is 0 Å². The third-order valence-corrected chi connectivity index (χ3v) is 3.45. The smallest absolute Gasteiger partial charge is 0.189 e. The Hall–Kier alpha value is -2.55. The minimum absolute atomic E-state index is 0.0733. The molecule has 114 valence electrons. The monoisotopic (exact) mass is 296 g/mol. The number of rotatable bonds is 3. The molecule has 2 N–H and O–H groups in total. The number of aromatic hydroxyl groups is 2. The summed E-state index contributed by atoms with van der Waals surface area (Å²) >= 11 is 0. The summed E-state index contributed by atoms with van der Waals surface area (Å²) in [5.74, 6) is -0.606. The van der Waals surface area contributed by atoms with Gasteiger partial charge in [-0.05, 0) is 34.8 Å². The van der Waals surface area contributed by atoms with Gasteiger partial charge in [0, 0.05) is 6.07 Å². The fourth-order valence-electron chi connectivity index (χ4n) is 2.08. The van der Waals surface area contributed by atoms with Crippen LogP contribution in [0, 0.1) is 0 Å². The predicted octanol–water partition coefficient (Wildman–Crippen LogP) is 4.29. The molecule has 2 rings (SSSR count). The summed E-state index contributed by atoms with van der Waals surface area (Å²) in [6.07, 6.45) is 3.12. The molecule has 0 heterocycles. The molecule has 3 heteroatoms. The van der Waals surface area contributed by atoms with Gasteiger partial charge in [-0.25, -0.2) is 0 Å². The van der Waals surface area contributed by atoms with Crippen LogP contribution in [-0.4, -0.2) is 16.0 Å². The van der Waals surface area contributed by atoms with Crippen LogP contribution in [0.2, 0.25) is 0 Å². The molecular formula is C19H20O3. The zero-order valence-electron chi connectivity index (χ0n) is 13.0. The normalized spacial score (nSPS) is 11.8. The number of carbonyl (C=O) groups excluding carboxylic acids is 1. The standard InChI is InChI=1S/C19H20O3/c1-19(2,3)14-7-4-13(5-8-14)6-11-17(21)16-10-9-15(20)12-18(16)22/h4-12,20,22H,1-3H3/b11-6+. The third kappa shape index (κ3) is 3.76. The van der Waals surface area contributed by atoms with E-state index in [9.17, 15) is 15.0 Å². The summed E-state index contributed by atoms with van der Waals surface area (Å²) in [6.45, 7) is 6.44. The highest BCUT2D eigenvalue weighted by Gasteiger charge is 2.12. The van der Waals surface area contributed by atoms with Crippen LogP contribution in [0.15, 0.2) is 48.5 Å². The number of benzene rings is 2. The average Bonchev–Trinajstić information content (AvgIpc) is 2.44. The second kappa shape index (κ2) is 6.06. The minimum atomic E-state index is -0.308. The largest absolute Gasteiger partial charge is 0.508 e. The van der Waals surface area contributed by atoms with Crippen molar-refractivity contribution in [2.45, 2.75) is 26.2 Å². The maximum Gasteiger partial charge on any atom is 0.189 e. The van der Waals surface area contributed by atoms with E-state index in [1.807, 2.05) is 24.3 Å². The van der Waals surface area contributed by atoms with Crippen LogP contribution in [-0.2, 0) is 5.41 Å².